The number of halogens is 1. The summed E-state index contributed by atoms with van der Waals surface area (Å²) in [7, 11) is 1.72. The first-order valence-electron chi connectivity index (χ1n) is 6.41. The van der Waals surface area contributed by atoms with Gasteiger partial charge in [0.2, 0.25) is 5.95 Å². The second-order valence-corrected chi connectivity index (χ2v) is 5.85. The van der Waals surface area contributed by atoms with Crippen LogP contribution in [0.4, 0.5) is 5.95 Å². The molecule has 0 aliphatic rings. The first-order valence-corrected chi connectivity index (χ1v) is 7.49. The molecule has 1 aromatic carbocycles. The van der Waals surface area contributed by atoms with Gasteiger partial charge in [0.1, 0.15) is 0 Å². The van der Waals surface area contributed by atoms with E-state index in [-0.39, 0.29) is 0 Å². The number of aromatic nitrogens is 2. The molecule has 106 valence electrons. The highest BCUT2D eigenvalue weighted by molar-refractivity contribution is 14.1. The fraction of sp³-hybridized carbons (Fsp3) is 0.333. The Morgan fingerprint density at radius 1 is 1.20 bits per heavy atom. The number of hydrogen-bond acceptors (Lipinski definition) is 4. The highest BCUT2D eigenvalue weighted by atomic mass is 127. The predicted molar refractivity (Wildman–Crippen MR) is 89.7 cm³/mol. The number of aryl methyl sites for hydroxylation is 2. The Balaban J connectivity index is 2.44. The lowest BCUT2D eigenvalue weighted by atomic mass is 10.0. The Labute approximate surface area is 132 Å². The molecular weight excluding hydrogens is 365 g/mol. The van der Waals surface area contributed by atoms with Crippen molar-refractivity contribution >= 4 is 28.5 Å². The van der Waals surface area contributed by atoms with Gasteiger partial charge in [0, 0.05) is 16.2 Å². The van der Waals surface area contributed by atoms with Crippen LogP contribution < -0.4 is 5.73 Å². The van der Waals surface area contributed by atoms with Gasteiger partial charge in [-0.1, -0.05) is 12.1 Å². The second-order valence-electron chi connectivity index (χ2n) is 4.68. The van der Waals surface area contributed by atoms with Crippen LogP contribution in [-0.2, 0) is 11.2 Å². The van der Waals surface area contributed by atoms with E-state index in [0.717, 1.165) is 35.5 Å². The summed E-state index contributed by atoms with van der Waals surface area (Å²) < 4.78 is 6.31. The van der Waals surface area contributed by atoms with E-state index < -0.39 is 0 Å². The van der Waals surface area contributed by atoms with Gasteiger partial charge in [0.05, 0.1) is 18.0 Å². The molecule has 0 bridgehead atoms. The van der Waals surface area contributed by atoms with E-state index in [0.29, 0.717) is 5.95 Å². The van der Waals surface area contributed by atoms with Crippen molar-refractivity contribution in [2.45, 2.75) is 20.3 Å². The summed E-state index contributed by atoms with van der Waals surface area (Å²) in [6.07, 6.45) is 0.920. The molecule has 0 aliphatic heterocycles. The summed E-state index contributed by atoms with van der Waals surface area (Å²) in [4.78, 5) is 8.53. The number of benzene rings is 1. The van der Waals surface area contributed by atoms with Crippen molar-refractivity contribution in [1.82, 2.24) is 9.97 Å². The molecule has 0 atom stereocenters. The zero-order valence-electron chi connectivity index (χ0n) is 11.9. The molecule has 0 saturated carbocycles. The predicted octanol–water partition coefficient (Wildman–Crippen LogP) is 3.14. The lowest BCUT2D eigenvalue weighted by Crippen LogP contribution is -2.03. The smallest absolute Gasteiger partial charge is 0.220 e. The van der Waals surface area contributed by atoms with Crippen LogP contribution in [0, 0.1) is 17.4 Å². The number of methoxy groups -OCH3 is 1. The minimum Gasteiger partial charge on any atom is -0.384 e. The lowest BCUT2D eigenvalue weighted by Gasteiger charge is -2.12. The molecule has 0 unspecified atom stereocenters. The lowest BCUT2D eigenvalue weighted by molar-refractivity contribution is 0.202. The first-order chi connectivity index (χ1) is 9.52. The summed E-state index contributed by atoms with van der Waals surface area (Å²) in [5, 5.41) is 0. The third-order valence-corrected chi connectivity index (χ3v) is 4.08. The molecule has 0 aliphatic carbocycles. The summed E-state index contributed by atoms with van der Waals surface area (Å²) in [5.41, 5.74) is 11.0. The van der Waals surface area contributed by atoms with Crippen LogP contribution in [0.1, 0.15) is 17.0 Å². The molecule has 5 heteroatoms. The molecular formula is C15H18IN3O. The maximum atomic E-state index is 5.69. The zero-order chi connectivity index (χ0) is 14.7. The highest BCUT2D eigenvalue weighted by Gasteiger charge is 2.12. The Morgan fingerprint density at radius 3 is 2.40 bits per heavy atom. The summed E-state index contributed by atoms with van der Waals surface area (Å²) >= 11 is 2.36. The maximum absolute atomic E-state index is 5.69. The monoisotopic (exact) mass is 383 g/mol. The summed E-state index contributed by atoms with van der Waals surface area (Å²) in [6.45, 7) is 4.67. The number of ether oxygens (including phenoxy) is 1. The summed E-state index contributed by atoms with van der Waals surface area (Å²) in [5.74, 6) is 0.329. The van der Waals surface area contributed by atoms with E-state index in [1.54, 1.807) is 7.11 Å². The minimum atomic E-state index is 0.329. The van der Waals surface area contributed by atoms with Crippen molar-refractivity contribution in [1.29, 1.82) is 0 Å². The van der Waals surface area contributed by atoms with Gasteiger partial charge in [-0.3, -0.25) is 0 Å². The molecule has 0 radical (unpaired) electrons. The van der Waals surface area contributed by atoms with Gasteiger partial charge < -0.3 is 10.5 Å². The molecule has 0 fully saturated rings. The average molecular weight is 383 g/mol. The van der Waals surface area contributed by atoms with Gasteiger partial charge in [-0.2, -0.15) is 0 Å². The molecule has 2 aromatic rings. The molecule has 20 heavy (non-hydrogen) atoms. The van der Waals surface area contributed by atoms with Gasteiger partial charge in [0.25, 0.3) is 0 Å². The van der Waals surface area contributed by atoms with Crippen molar-refractivity contribution in [2.75, 3.05) is 19.5 Å². The maximum Gasteiger partial charge on any atom is 0.220 e. The van der Waals surface area contributed by atoms with Crippen LogP contribution in [0.3, 0.4) is 0 Å². The normalized spacial score (nSPS) is 10.8. The Bertz CT molecular complexity index is 606. The molecule has 0 saturated heterocycles. The SMILES string of the molecule is COCCc1ccc(-c2c(C)nc(N)nc2C)c(I)c1. The van der Waals surface area contributed by atoms with Crippen molar-refractivity contribution in [3.8, 4) is 11.1 Å². The molecule has 1 aromatic heterocycles. The van der Waals surface area contributed by atoms with Crippen LogP contribution in [0.5, 0.6) is 0 Å². The van der Waals surface area contributed by atoms with E-state index in [4.69, 9.17) is 10.5 Å². The topological polar surface area (TPSA) is 61.0 Å². The van der Waals surface area contributed by atoms with Crippen LogP contribution in [0.2, 0.25) is 0 Å². The fourth-order valence-electron chi connectivity index (χ4n) is 2.27. The first kappa shape index (κ1) is 15.2. The van der Waals surface area contributed by atoms with E-state index in [2.05, 4.69) is 50.8 Å². The van der Waals surface area contributed by atoms with Crippen LogP contribution in [-0.4, -0.2) is 23.7 Å². The average Bonchev–Trinajstić information content (AvgIpc) is 2.37. The van der Waals surface area contributed by atoms with Gasteiger partial charge >= 0.3 is 0 Å². The van der Waals surface area contributed by atoms with Crippen molar-refractivity contribution in [3.05, 3.63) is 38.7 Å². The van der Waals surface area contributed by atoms with Crippen molar-refractivity contribution < 1.29 is 4.74 Å². The molecule has 4 nitrogen and oxygen atoms in total. The Hall–Kier alpha value is -1.21. The number of hydrogen-bond donors (Lipinski definition) is 1. The third-order valence-electron chi connectivity index (χ3n) is 3.19. The van der Waals surface area contributed by atoms with Crippen LogP contribution in [0.25, 0.3) is 11.1 Å². The van der Waals surface area contributed by atoms with E-state index >= 15 is 0 Å². The van der Waals surface area contributed by atoms with Gasteiger partial charge in [-0.25, -0.2) is 9.97 Å². The minimum absolute atomic E-state index is 0.329. The standard InChI is InChI=1S/C15H18IN3O/c1-9-14(10(2)19-15(17)18-9)12-5-4-11(6-7-20-3)8-13(12)16/h4-5,8H,6-7H2,1-3H3,(H2,17,18,19). The number of nitrogens with zero attached hydrogens (tertiary/aromatic N) is 2. The Kier molecular flexibility index (Phi) is 4.93. The van der Waals surface area contributed by atoms with Gasteiger partial charge in [-0.05, 0) is 60.1 Å². The second kappa shape index (κ2) is 6.49. The zero-order valence-corrected chi connectivity index (χ0v) is 14.1. The Morgan fingerprint density at radius 2 is 1.85 bits per heavy atom. The third kappa shape index (κ3) is 3.27. The quantitative estimate of drug-likeness (QED) is 0.825. The number of nitrogen functional groups attached to an aromatic ring is 1. The van der Waals surface area contributed by atoms with Crippen molar-refractivity contribution in [2.24, 2.45) is 0 Å². The number of nitrogens with two attached hydrogens (primary N) is 1. The fourth-order valence-corrected chi connectivity index (χ4v) is 3.12. The van der Waals surface area contributed by atoms with Crippen LogP contribution >= 0.6 is 22.6 Å². The van der Waals surface area contributed by atoms with Crippen LogP contribution in [0.15, 0.2) is 18.2 Å². The molecule has 2 rings (SSSR count). The molecule has 0 spiro atoms. The molecule has 1 heterocycles. The van der Waals surface area contributed by atoms with E-state index in [1.165, 1.54) is 9.13 Å². The van der Waals surface area contributed by atoms with Gasteiger partial charge in [-0.15, -0.1) is 0 Å². The van der Waals surface area contributed by atoms with E-state index in [1.807, 2.05) is 13.8 Å². The van der Waals surface area contributed by atoms with Gasteiger partial charge in [0.15, 0.2) is 0 Å². The molecule has 0 amide bonds. The molecule has 2 N–H and O–H groups in total. The summed E-state index contributed by atoms with van der Waals surface area (Å²) in [6, 6.07) is 6.44. The highest BCUT2D eigenvalue weighted by Crippen LogP contribution is 2.30. The van der Waals surface area contributed by atoms with Crippen molar-refractivity contribution in [3.63, 3.8) is 0 Å². The largest absolute Gasteiger partial charge is 0.384 e. The number of anilines is 1. The number of rotatable bonds is 4. The van der Waals surface area contributed by atoms with E-state index in [9.17, 15) is 0 Å².